The molecule has 0 spiro atoms. The summed E-state index contributed by atoms with van der Waals surface area (Å²) >= 11 is 1.51. The molecule has 1 fully saturated rings. The van der Waals surface area contributed by atoms with Gasteiger partial charge in [0.2, 0.25) is 5.91 Å². The molecule has 0 radical (unpaired) electrons. The van der Waals surface area contributed by atoms with E-state index in [1.807, 2.05) is 48.5 Å². The summed E-state index contributed by atoms with van der Waals surface area (Å²) in [7, 11) is 0. The van der Waals surface area contributed by atoms with Gasteiger partial charge in [-0.05, 0) is 48.1 Å². The molecule has 3 aromatic rings. The van der Waals surface area contributed by atoms with Crippen molar-refractivity contribution in [2.24, 2.45) is 0 Å². The minimum absolute atomic E-state index is 0.0249. The first-order valence-corrected chi connectivity index (χ1v) is 12.3. The zero-order valence-corrected chi connectivity index (χ0v) is 20.3. The van der Waals surface area contributed by atoms with Crippen LogP contribution >= 0.6 is 11.3 Å². The number of amides is 2. The van der Waals surface area contributed by atoms with E-state index in [2.05, 4.69) is 31.1 Å². The van der Waals surface area contributed by atoms with Crippen molar-refractivity contribution in [1.29, 1.82) is 0 Å². The van der Waals surface area contributed by atoms with Crippen LogP contribution in [0.5, 0.6) is 0 Å². The highest BCUT2D eigenvalue weighted by Gasteiger charge is 2.26. The van der Waals surface area contributed by atoms with Crippen LogP contribution < -0.4 is 10.2 Å². The van der Waals surface area contributed by atoms with E-state index in [9.17, 15) is 9.59 Å². The minimum Gasteiger partial charge on any atom is -0.376 e. The number of para-hydroxylation sites is 1. The molecule has 1 saturated heterocycles. The van der Waals surface area contributed by atoms with E-state index in [0.29, 0.717) is 17.2 Å². The summed E-state index contributed by atoms with van der Waals surface area (Å²) in [5.41, 5.74) is 2.69. The summed E-state index contributed by atoms with van der Waals surface area (Å²) in [5.74, 6) is -0.234. The van der Waals surface area contributed by atoms with Gasteiger partial charge in [0.05, 0.1) is 22.9 Å². The molecule has 2 heterocycles. The van der Waals surface area contributed by atoms with Gasteiger partial charge in [-0.15, -0.1) is 0 Å². The highest BCUT2D eigenvalue weighted by atomic mass is 32.1. The smallest absolute Gasteiger partial charge is 0.251 e. The van der Waals surface area contributed by atoms with Gasteiger partial charge in [-0.3, -0.25) is 14.5 Å². The molecule has 1 aliphatic heterocycles. The van der Waals surface area contributed by atoms with Crippen LogP contribution in [0, 0.1) is 0 Å². The van der Waals surface area contributed by atoms with Gasteiger partial charge in [-0.2, -0.15) is 0 Å². The number of nitrogens with one attached hydrogen (secondary N) is 1. The first-order valence-electron chi connectivity index (χ1n) is 11.5. The second-order valence-electron chi connectivity index (χ2n) is 9.44. The Morgan fingerprint density at radius 1 is 1.15 bits per heavy atom. The lowest BCUT2D eigenvalue weighted by molar-refractivity contribution is -0.118. The minimum atomic E-state index is -0.172. The van der Waals surface area contributed by atoms with Crippen molar-refractivity contribution in [1.82, 2.24) is 10.3 Å². The molecular weight excluding hydrogens is 434 g/mol. The maximum absolute atomic E-state index is 13.2. The number of thiazole rings is 1. The van der Waals surface area contributed by atoms with Gasteiger partial charge in [0.1, 0.15) is 0 Å². The van der Waals surface area contributed by atoms with Gasteiger partial charge in [-0.1, -0.05) is 56.4 Å². The molecule has 1 atom stereocenters. The van der Waals surface area contributed by atoms with Crippen molar-refractivity contribution in [3.8, 4) is 0 Å². The number of carbonyl (C=O) groups excluding carboxylic acids is 2. The second-order valence-corrected chi connectivity index (χ2v) is 10.4. The molecule has 0 aliphatic carbocycles. The van der Waals surface area contributed by atoms with E-state index >= 15 is 0 Å². The lowest BCUT2D eigenvalue weighted by Crippen LogP contribution is -2.39. The van der Waals surface area contributed by atoms with E-state index in [4.69, 9.17) is 4.74 Å². The molecule has 174 valence electrons. The van der Waals surface area contributed by atoms with E-state index in [0.717, 1.165) is 29.7 Å². The molecule has 0 bridgehead atoms. The zero-order chi connectivity index (χ0) is 23.4. The Labute approximate surface area is 199 Å². The Bertz CT molecular complexity index is 1080. The molecule has 2 amide bonds. The van der Waals surface area contributed by atoms with Crippen LogP contribution in [0.1, 0.15) is 56.0 Å². The van der Waals surface area contributed by atoms with Gasteiger partial charge in [0.15, 0.2) is 5.13 Å². The van der Waals surface area contributed by atoms with Crippen LogP contribution in [0.4, 0.5) is 5.13 Å². The molecule has 0 unspecified atom stereocenters. The molecule has 4 rings (SSSR count). The SMILES string of the molecule is CC(C)(C)c1ccc(C(=O)NCCC(=O)N(C[C@@H]2CCCO2)c2nc3ccccc3s2)cc1. The first-order chi connectivity index (χ1) is 15.8. The number of fused-ring (bicyclic) bond motifs is 1. The molecule has 1 aromatic heterocycles. The standard InChI is InChI=1S/C26H31N3O3S/c1-26(2,3)19-12-10-18(11-13-19)24(31)27-15-14-23(30)29(17-20-7-6-16-32-20)25-28-21-8-4-5-9-22(21)33-25/h4-5,8-13,20H,6-7,14-17H2,1-3H3,(H,27,31)/t20-/m0/s1. The largest absolute Gasteiger partial charge is 0.376 e. The van der Waals surface area contributed by atoms with E-state index < -0.39 is 0 Å². The highest BCUT2D eigenvalue weighted by Crippen LogP contribution is 2.30. The molecule has 1 aliphatic rings. The number of ether oxygens (including phenoxy) is 1. The van der Waals surface area contributed by atoms with Gasteiger partial charge in [0.25, 0.3) is 5.91 Å². The first kappa shape index (κ1) is 23.4. The predicted octanol–water partition coefficient (Wildman–Crippen LogP) is 4.93. The fraction of sp³-hybridized carbons (Fsp3) is 0.423. The number of hydrogen-bond acceptors (Lipinski definition) is 5. The molecule has 6 nitrogen and oxygen atoms in total. The van der Waals surface area contributed by atoms with Crippen molar-refractivity contribution < 1.29 is 14.3 Å². The quantitative estimate of drug-likeness (QED) is 0.537. The van der Waals surface area contributed by atoms with Crippen molar-refractivity contribution in [3.05, 3.63) is 59.7 Å². The van der Waals surface area contributed by atoms with Gasteiger partial charge >= 0.3 is 0 Å². The summed E-state index contributed by atoms with van der Waals surface area (Å²) in [4.78, 5) is 32.1. The van der Waals surface area contributed by atoms with Gasteiger partial charge < -0.3 is 10.1 Å². The number of hydrogen-bond donors (Lipinski definition) is 1. The predicted molar refractivity (Wildman–Crippen MR) is 133 cm³/mol. The molecule has 0 saturated carbocycles. The van der Waals surface area contributed by atoms with Gasteiger partial charge in [-0.25, -0.2) is 4.98 Å². The molecule has 1 N–H and O–H groups in total. The third-order valence-electron chi connectivity index (χ3n) is 5.86. The van der Waals surface area contributed by atoms with Crippen LogP contribution in [-0.2, 0) is 14.9 Å². The Morgan fingerprint density at radius 3 is 2.58 bits per heavy atom. The lowest BCUT2D eigenvalue weighted by Gasteiger charge is -2.23. The molecule has 33 heavy (non-hydrogen) atoms. The number of benzene rings is 2. The Balaban J connectivity index is 1.39. The highest BCUT2D eigenvalue weighted by molar-refractivity contribution is 7.22. The van der Waals surface area contributed by atoms with E-state index in [-0.39, 0.29) is 36.3 Å². The molecule has 2 aromatic carbocycles. The third-order valence-corrected chi connectivity index (χ3v) is 6.92. The Kier molecular flexibility index (Phi) is 7.10. The van der Waals surface area contributed by atoms with Crippen LogP contribution in [0.3, 0.4) is 0 Å². The fourth-order valence-corrected chi connectivity index (χ4v) is 4.89. The average molecular weight is 466 g/mol. The van der Waals surface area contributed by atoms with Gasteiger partial charge in [0, 0.05) is 25.1 Å². The number of aromatic nitrogens is 1. The van der Waals surface area contributed by atoms with E-state index in [1.165, 1.54) is 16.9 Å². The Morgan fingerprint density at radius 2 is 1.91 bits per heavy atom. The van der Waals surface area contributed by atoms with Crippen molar-refractivity contribution in [2.45, 2.75) is 51.6 Å². The van der Waals surface area contributed by atoms with E-state index in [1.54, 1.807) is 4.90 Å². The average Bonchev–Trinajstić information content (AvgIpc) is 3.46. The van der Waals surface area contributed by atoms with Crippen LogP contribution in [0.25, 0.3) is 10.2 Å². The number of rotatable bonds is 7. The van der Waals surface area contributed by atoms with Crippen molar-refractivity contribution in [2.75, 3.05) is 24.6 Å². The maximum atomic E-state index is 13.2. The van der Waals surface area contributed by atoms with Crippen molar-refractivity contribution in [3.63, 3.8) is 0 Å². The summed E-state index contributed by atoms with van der Waals surface area (Å²) < 4.78 is 6.82. The Hall–Kier alpha value is -2.77. The summed E-state index contributed by atoms with van der Waals surface area (Å²) in [6, 6.07) is 15.5. The van der Waals surface area contributed by atoms with Crippen molar-refractivity contribution >= 4 is 38.5 Å². The number of nitrogens with zero attached hydrogens (tertiary/aromatic N) is 2. The fourth-order valence-electron chi connectivity index (χ4n) is 3.90. The second kappa shape index (κ2) is 10.0. The number of carbonyl (C=O) groups is 2. The molecule has 7 heteroatoms. The maximum Gasteiger partial charge on any atom is 0.251 e. The monoisotopic (exact) mass is 465 g/mol. The zero-order valence-electron chi connectivity index (χ0n) is 19.5. The summed E-state index contributed by atoms with van der Waals surface area (Å²) in [6.45, 7) is 7.91. The number of anilines is 1. The third kappa shape index (κ3) is 5.78. The van der Waals surface area contributed by atoms with Crippen LogP contribution in [0.15, 0.2) is 48.5 Å². The lowest BCUT2D eigenvalue weighted by atomic mass is 9.87. The molecular formula is C26H31N3O3S. The topological polar surface area (TPSA) is 71.5 Å². The summed E-state index contributed by atoms with van der Waals surface area (Å²) in [6.07, 6.45) is 2.18. The summed E-state index contributed by atoms with van der Waals surface area (Å²) in [5, 5.41) is 3.56. The normalized spacial score (nSPS) is 16.2. The van der Waals surface area contributed by atoms with Crippen LogP contribution in [-0.4, -0.2) is 42.6 Å². The van der Waals surface area contributed by atoms with Crippen LogP contribution in [0.2, 0.25) is 0 Å².